The Bertz CT molecular complexity index is 1290. The van der Waals surface area contributed by atoms with Crippen LogP contribution in [0.25, 0.3) is 11.0 Å². The van der Waals surface area contributed by atoms with Crippen LogP contribution < -0.4 is 10.7 Å². The molecular weight excluding hydrogens is 416 g/mol. The lowest BCUT2D eigenvalue weighted by atomic mass is 10.0. The average Bonchev–Trinajstić information content (AvgIpc) is 2.75. The number of para-hydroxylation sites is 1. The summed E-state index contributed by atoms with van der Waals surface area (Å²) in [6.07, 6.45) is 1.70. The molecule has 0 saturated carbocycles. The number of nitrogens with one attached hydrogen (secondary N) is 1. The molecule has 31 heavy (non-hydrogen) atoms. The summed E-state index contributed by atoms with van der Waals surface area (Å²) in [7, 11) is -3.56. The number of aryl methyl sites for hydroxylation is 1. The maximum absolute atomic E-state index is 12.8. The quantitative estimate of drug-likeness (QED) is 0.666. The van der Waals surface area contributed by atoms with Crippen molar-refractivity contribution in [3.05, 3.63) is 70.1 Å². The van der Waals surface area contributed by atoms with E-state index in [2.05, 4.69) is 12.2 Å². The highest BCUT2D eigenvalue weighted by Crippen LogP contribution is 2.24. The van der Waals surface area contributed by atoms with Crippen LogP contribution in [0.3, 0.4) is 0 Å². The molecule has 2 heterocycles. The van der Waals surface area contributed by atoms with Gasteiger partial charge in [-0.25, -0.2) is 8.42 Å². The van der Waals surface area contributed by atoms with E-state index in [0.29, 0.717) is 35.7 Å². The molecule has 3 aromatic rings. The third-order valence-corrected chi connectivity index (χ3v) is 7.58. The van der Waals surface area contributed by atoms with Gasteiger partial charge in [-0.05, 0) is 61.6 Å². The van der Waals surface area contributed by atoms with Crippen LogP contribution in [0, 0.1) is 12.8 Å². The topological polar surface area (TPSA) is 96.7 Å². The second-order valence-corrected chi connectivity index (χ2v) is 9.93. The van der Waals surface area contributed by atoms with E-state index in [9.17, 15) is 18.0 Å². The average molecular weight is 441 g/mol. The molecule has 0 bridgehead atoms. The highest BCUT2D eigenvalue weighted by molar-refractivity contribution is 7.89. The minimum Gasteiger partial charge on any atom is -0.450 e. The van der Waals surface area contributed by atoms with Gasteiger partial charge in [0.05, 0.1) is 10.3 Å². The molecule has 0 atom stereocenters. The van der Waals surface area contributed by atoms with Gasteiger partial charge in [-0.15, -0.1) is 0 Å². The lowest BCUT2D eigenvalue weighted by molar-refractivity contribution is 0.0997. The Labute approximate surface area is 180 Å². The van der Waals surface area contributed by atoms with Crippen molar-refractivity contribution in [1.82, 2.24) is 4.31 Å². The predicted molar refractivity (Wildman–Crippen MR) is 119 cm³/mol. The molecule has 0 radical (unpaired) electrons. The Morgan fingerprint density at radius 1 is 1.10 bits per heavy atom. The third kappa shape index (κ3) is 4.26. The SMILES string of the molecule is Cc1cccc2c(=O)cc(C(=O)Nc3ccc(S(=O)(=O)N4CCC(C)CC4)cc3)oc12. The van der Waals surface area contributed by atoms with Gasteiger partial charge in [-0.1, -0.05) is 19.1 Å². The van der Waals surface area contributed by atoms with Crippen molar-refractivity contribution in [1.29, 1.82) is 0 Å². The lowest BCUT2D eigenvalue weighted by Gasteiger charge is -2.29. The van der Waals surface area contributed by atoms with E-state index in [1.165, 1.54) is 28.6 Å². The second kappa shape index (κ2) is 8.28. The highest BCUT2D eigenvalue weighted by Gasteiger charge is 2.28. The first-order valence-electron chi connectivity index (χ1n) is 10.2. The smallest absolute Gasteiger partial charge is 0.291 e. The highest BCUT2D eigenvalue weighted by atomic mass is 32.2. The summed E-state index contributed by atoms with van der Waals surface area (Å²) in [6, 6.07) is 12.4. The van der Waals surface area contributed by atoms with E-state index in [1.807, 2.05) is 0 Å². The first-order chi connectivity index (χ1) is 14.8. The number of fused-ring (bicyclic) bond motifs is 1. The molecule has 162 valence electrons. The van der Waals surface area contributed by atoms with Gasteiger partial charge in [0.1, 0.15) is 5.58 Å². The summed E-state index contributed by atoms with van der Waals surface area (Å²) < 4.78 is 32.8. The predicted octanol–water partition coefficient (Wildman–Crippen LogP) is 3.77. The number of sulfonamides is 1. The fraction of sp³-hybridized carbons (Fsp3) is 0.304. The molecule has 1 aliphatic rings. The van der Waals surface area contributed by atoms with E-state index >= 15 is 0 Å². The number of hydrogen-bond acceptors (Lipinski definition) is 5. The standard InChI is InChI=1S/C23H24N2O5S/c1-15-10-12-25(13-11-15)31(28,29)18-8-6-17(7-9-18)24-23(27)21-14-20(26)19-5-3-4-16(2)22(19)30-21/h3-9,14-15H,10-13H2,1-2H3,(H,24,27). The van der Waals surface area contributed by atoms with Gasteiger partial charge >= 0.3 is 0 Å². The summed E-state index contributed by atoms with van der Waals surface area (Å²) in [5, 5.41) is 3.07. The summed E-state index contributed by atoms with van der Waals surface area (Å²) >= 11 is 0. The van der Waals surface area contributed by atoms with Crippen LogP contribution in [0.4, 0.5) is 5.69 Å². The fourth-order valence-electron chi connectivity index (χ4n) is 3.71. The van der Waals surface area contributed by atoms with Gasteiger partial charge in [0, 0.05) is 24.8 Å². The van der Waals surface area contributed by atoms with E-state index in [-0.39, 0.29) is 16.1 Å². The molecule has 1 aliphatic heterocycles. The number of benzene rings is 2. The largest absolute Gasteiger partial charge is 0.450 e. The van der Waals surface area contributed by atoms with Crippen LogP contribution in [0.15, 0.2) is 62.6 Å². The summed E-state index contributed by atoms with van der Waals surface area (Å²) in [5.41, 5.74) is 1.24. The molecule has 1 aromatic heterocycles. The molecular formula is C23H24N2O5S. The van der Waals surface area contributed by atoms with Gasteiger partial charge in [-0.2, -0.15) is 4.31 Å². The van der Waals surface area contributed by atoms with Crippen molar-refractivity contribution < 1.29 is 17.6 Å². The molecule has 7 nitrogen and oxygen atoms in total. The first-order valence-corrected chi connectivity index (χ1v) is 11.6. The van der Waals surface area contributed by atoms with Gasteiger partial charge < -0.3 is 9.73 Å². The van der Waals surface area contributed by atoms with E-state index in [1.54, 1.807) is 25.1 Å². The molecule has 0 unspecified atom stereocenters. The van der Waals surface area contributed by atoms with E-state index < -0.39 is 15.9 Å². The maximum atomic E-state index is 12.8. The van der Waals surface area contributed by atoms with Gasteiger partial charge in [0.2, 0.25) is 10.0 Å². The van der Waals surface area contributed by atoms with Crippen LogP contribution in [-0.4, -0.2) is 31.7 Å². The zero-order valence-electron chi connectivity index (χ0n) is 17.4. The second-order valence-electron chi connectivity index (χ2n) is 7.99. The first kappa shape index (κ1) is 21.3. The van der Waals surface area contributed by atoms with E-state index in [4.69, 9.17) is 4.42 Å². The van der Waals surface area contributed by atoms with Crippen LogP contribution in [0.5, 0.6) is 0 Å². The van der Waals surface area contributed by atoms with Crippen molar-refractivity contribution in [3.63, 3.8) is 0 Å². The number of anilines is 1. The Morgan fingerprint density at radius 3 is 2.45 bits per heavy atom. The number of hydrogen-bond donors (Lipinski definition) is 1. The fourth-order valence-corrected chi connectivity index (χ4v) is 5.18. The Balaban J connectivity index is 1.53. The zero-order chi connectivity index (χ0) is 22.2. The summed E-state index contributed by atoms with van der Waals surface area (Å²) in [5.74, 6) is -0.156. The van der Waals surface area contributed by atoms with Gasteiger partial charge in [-0.3, -0.25) is 9.59 Å². The summed E-state index contributed by atoms with van der Waals surface area (Å²) in [6.45, 7) is 4.96. The lowest BCUT2D eigenvalue weighted by Crippen LogP contribution is -2.37. The minimum absolute atomic E-state index is 0.106. The minimum atomic E-state index is -3.56. The van der Waals surface area contributed by atoms with Gasteiger partial charge in [0.25, 0.3) is 5.91 Å². The number of carbonyl (C=O) groups is 1. The third-order valence-electron chi connectivity index (χ3n) is 5.67. The van der Waals surface area contributed by atoms with Crippen molar-refractivity contribution in [2.24, 2.45) is 5.92 Å². The zero-order valence-corrected chi connectivity index (χ0v) is 18.2. The van der Waals surface area contributed by atoms with Crippen LogP contribution in [0.2, 0.25) is 0 Å². The number of piperidine rings is 1. The van der Waals surface area contributed by atoms with Crippen molar-refractivity contribution in [2.75, 3.05) is 18.4 Å². The molecule has 0 spiro atoms. The van der Waals surface area contributed by atoms with Crippen molar-refractivity contribution in [2.45, 2.75) is 31.6 Å². The normalized spacial score (nSPS) is 15.8. The molecule has 0 aliphatic carbocycles. The van der Waals surface area contributed by atoms with Crippen LogP contribution in [-0.2, 0) is 10.0 Å². The number of rotatable bonds is 4. The van der Waals surface area contributed by atoms with Crippen LogP contribution in [0.1, 0.15) is 35.9 Å². The molecule has 1 amide bonds. The van der Waals surface area contributed by atoms with Gasteiger partial charge in [0.15, 0.2) is 11.2 Å². The monoisotopic (exact) mass is 440 g/mol. The summed E-state index contributed by atoms with van der Waals surface area (Å²) in [4.78, 5) is 25.1. The Morgan fingerprint density at radius 2 is 1.77 bits per heavy atom. The Kier molecular flexibility index (Phi) is 5.68. The maximum Gasteiger partial charge on any atom is 0.291 e. The Hall–Kier alpha value is -2.97. The molecule has 4 rings (SSSR count). The molecule has 1 N–H and O–H groups in total. The van der Waals surface area contributed by atoms with Crippen molar-refractivity contribution in [3.8, 4) is 0 Å². The van der Waals surface area contributed by atoms with Crippen molar-refractivity contribution >= 4 is 32.6 Å². The van der Waals surface area contributed by atoms with E-state index in [0.717, 1.165) is 24.5 Å². The molecule has 1 saturated heterocycles. The molecule has 8 heteroatoms. The number of carbonyl (C=O) groups excluding carboxylic acids is 1. The number of amides is 1. The molecule has 1 fully saturated rings. The molecule has 2 aromatic carbocycles. The van der Waals surface area contributed by atoms with Crippen LogP contribution >= 0.6 is 0 Å². The number of nitrogens with zero attached hydrogens (tertiary/aromatic N) is 1.